The summed E-state index contributed by atoms with van der Waals surface area (Å²) < 4.78 is 40.2. The van der Waals surface area contributed by atoms with Crippen molar-refractivity contribution in [1.29, 1.82) is 0 Å². The molecular formula is C19H17FN2O2S. The fraction of sp³-hybridized carbons (Fsp3) is 0.105. The number of nitrogens with zero attached hydrogens (tertiary/aromatic N) is 1. The summed E-state index contributed by atoms with van der Waals surface area (Å²) in [4.78, 5) is 4.40. The number of nitrogens with one attached hydrogen (secondary N) is 1. The standard InChI is InChI=1S/C19H17FN2O2S/c1-14-4-6-15(7-5-14)19-16(3-2-12-21-19)13-22-25(23,24)18-10-8-17(20)9-11-18/h2-12,22H,13H2,1H3. The lowest BCUT2D eigenvalue weighted by atomic mass is 10.0. The van der Waals surface area contributed by atoms with E-state index in [4.69, 9.17) is 0 Å². The van der Waals surface area contributed by atoms with Crippen LogP contribution in [0.4, 0.5) is 4.39 Å². The third-order valence-electron chi connectivity index (χ3n) is 3.79. The van der Waals surface area contributed by atoms with Crippen LogP contribution in [-0.4, -0.2) is 13.4 Å². The first kappa shape index (κ1) is 17.3. The lowest BCUT2D eigenvalue weighted by Crippen LogP contribution is -2.23. The van der Waals surface area contributed by atoms with Crippen LogP contribution in [-0.2, 0) is 16.6 Å². The van der Waals surface area contributed by atoms with Crippen LogP contribution in [0.3, 0.4) is 0 Å². The Labute approximate surface area is 146 Å². The minimum atomic E-state index is -3.73. The summed E-state index contributed by atoms with van der Waals surface area (Å²) in [6, 6.07) is 16.2. The lowest BCUT2D eigenvalue weighted by molar-refractivity contribution is 0.580. The molecule has 0 aliphatic heterocycles. The molecule has 0 aliphatic rings. The number of pyridine rings is 1. The molecule has 1 heterocycles. The molecule has 0 radical (unpaired) electrons. The van der Waals surface area contributed by atoms with Gasteiger partial charge in [0.05, 0.1) is 10.6 Å². The van der Waals surface area contributed by atoms with Crippen molar-refractivity contribution in [2.45, 2.75) is 18.4 Å². The molecule has 0 aliphatic carbocycles. The van der Waals surface area contributed by atoms with Gasteiger partial charge in [-0.2, -0.15) is 0 Å². The van der Waals surface area contributed by atoms with Gasteiger partial charge >= 0.3 is 0 Å². The zero-order valence-electron chi connectivity index (χ0n) is 13.6. The number of aromatic nitrogens is 1. The van der Waals surface area contributed by atoms with Gasteiger partial charge in [-0.05, 0) is 42.8 Å². The van der Waals surface area contributed by atoms with E-state index < -0.39 is 15.8 Å². The van der Waals surface area contributed by atoms with Crippen LogP contribution in [0.1, 0.15) is 11.1 Å². The van der Waals surface area contributed by atoms with Gasteiger partial charge in [-0.15, -0.1) is 0 Å². The van der Waals surface area contributed by atoms with Crippen LogP contribution in [0, 0.1) is 12.7 Å². The maximum atomic E-state index is 13.0. The van der Waals surface area contributed by atoms with Gasteiger partial charge in [0, 0.05) is 18.3 Å². The molecule has 0 spiro atoms. The number of aryl methyl sites for hydroxylation is 1. The molecule has 0 fully saturated rings. The second-order valence-electron chi connectivity index (χ2n) is 5.66. The van der Waals surface area contributed by atoms with E-state index in [2.05, 4.69) is 9.71 Å². The maximum Gasteiger partial charge on any atom is 0.240 e. The van der Waals surface area contributed by atoms with Gasteiger partial charge in [-0.3, -0.25) is 4.98 Å². The molecule has 128 valence electrons. The van der Waals surface area contributed by atoms with E-state index in [1.807, 2.05) is 37.3 Å². The van der Waals surface area contributed by atoms with Crippen molar-refractivity contribution < 1.29 is 12.8 Å². The Morgan fingerprint density at radius 1 is 1.00 bits per heavy atom. The highest BCUT2D eigenvalue weighted by Crippen LogP contribution is 2.22. The Balaban J connectivity index is 1.84. The first-order valence-corrected chi connectivity index (χ1v) is 9.20. The smallest absolute Gasteiger partial charge is 0.240 e. The molecule has 0 saturated carbocycles. The minimum absolute atomic E-state index is 0.0228. The van der Waals surface area contributed by atoms with E-state index in [-0.39, 0.29) is 11.4 Å². The molecule has 0 unspecified atom stereocenters. The molecule has 6 heteroatoms. The van der Waals surface area contributed by atoms with Crippen LogP contribution < -0.4 is 4.72 Å². The van der Waals surface area contributed by atoms with Crippen molar-refractivity contribution in [2.24, 2.45) is 0 Å². The van der Waals surface area contributed by atoms with Crippen molar-refractivity contribution in [3.8, 4) is 11.3 Å². The zero-order valence-corrected chi connectivity index (χ0v) is 14.4. The number of hydrogen-bond donors (Lipinski definition) is 1. The second-order valence-corrected chi connectivity index (χ2v) is 7.42. The van der Waals surface area contributed by atoms with E-state index >= 15 is 0 Å². The summed E-state index contributed by atoms with van der Waals surface area (Å²) >= 11 is 0. The highest BCUT2D eigenvalue weighted by atomic mass is 32.2. The Bertz CT molecular complexity index is 969. The van der Waals surface area contributed by atoms with E-state index in [1.165, 1.54) is 12.1 Å². The molecular weight excluding hydrogens is 339 g/mol. The van der Waals surface area contributed by atoms with Gasteiger partial charge in [0.1, 0.15) is 5.82 Å². The highest BCUT2D eigenvalue weighted by molar-refractivity contribution is 7.89. The fourth-order valence-corrected chi connectivity index (χ4v) is 3.43. The zero-order chi connectivity index (χ0) is 17.9. The third-order valence-corrected chi connectivity index (χ3v) is 5.21. The van der Waals surface area contributed by atoms with Crippen LogP contribution >= 0.6 is 0 Å². The molecule has 2 aromatic carbocycles. The van der Waals surface area contributed by atoms with E-state index in [0.29, 0.717) is 0 Å². The van der Waals surface area contributed by atoms with E-state index in [9.17, 15) is 12.8 Å². The lowest BCUT2D eigenvalue weighted by Gasteiger charge is -2.11. The maximum absolute atomic E-state index is 13.0. The number of halogens is 1. The third kappa shape index (κ3) is 4.10. The van der Waals surface area contributed by atoms with Gasteiger partial charge in [0.2, 0.25) is 10.0 Å². The fourth-order valence-electron chi connectivity index (χ4n) is 2.42. The molecule has 4 nitrogen and oxygen atoms in total. The topological polar surface area (TPSA) is 59.1 Å². The summed E-state index contributed by atoms with van der Waals surface area (Å²) in [6.07, 6.45) is 1.67. The summed E-state index contributed by atoms with van der Waals surface area (Å²) in [5.41, 5.74) is 3.54. The quantitative estimate of drug-likeness (QED) is 0.759. The number of rotatable bonds is 5. The van der Waals surface area contributed by atoms with Gasteiger partial charge < -0.3 is 0 Å². The molecule has 0 amide bonds. The summed E-state index contributed by atoms with van der Waals surface area (Å²) in [5.74, 6) is -0.479. The van der Waals surface area contributed by atoms with Crippen molar-refractivity contribution in [3.05, 3.63) is 83.8 Å². The predicted octanol–water partition coefficient (Wildman–Crippen LogP) is 3.67. The minimum Gasteiger partial charge on any atom is -0.256 e. The van der Waals surface area contributed by atoms with E-state index in [0.717, 1.165) is 34.5 Å². The molecule has 3 aromatic rings. The summed E-state index contributed by atoms with van der Waals surface area (Å²) in [6.45, 7) is 2.09. The van der Waals surface area contributed by atoms with Crippen LogP contribution in [0.5, 0.6) is 0 Å². The molecule has 1 aromatic heterocycles. The van der Waals surface area contributed by atoms with E-state index in [1.54, 1.807) is 12.3 Å². The van der Waals surface area contributed by atoms with Crippen LogP contribution in [0.2, 0.25) is 0 Å². The van der Waals surface area contributed by atoms with Crippen molar-refractivity contribution in [3.63, 3.8) is 0 Å². The van der Waals surface area contributed by atoms with Gasteiger partial charge in [-0.1, -0.05) is 35.9 Å². The molecule has 0 bridgehead atoms. The van der Waals surface area contributed by atoms with Crippen molar-refractivity contribution in [2.75, 3.05) is 0 Å². The van der Waals surface area contributed by atoms with Gasteiger partial charge in [0.15, 0.2) is 0 Å². The van der Waals surface area contributed by atoms with Crippen LogP contribution in [0.25, 0.3) is 11.3 Å². The molecule has 1 N–H and O–H groups in total. The summed E-state index contributed by atoms with van der Waals surface area (Å²) in [5, 5.41) is 0. The number of hydrogen-bond acceptors (Lipinski definition) is 3. The first-order valence-electron chi connectivity index (χ1n) is 7.72. The predicted molar refractivity (Wildman–Crippen MR) is 94.8 cm³/mol. The average molecular weight is 356 g/mol. The molecule has 3 rings (SSSR count). The monoisotopic (exact) mass is 356 g/mol. The van der Waals surface area contributed by atoms with Gasteiger partial charge in [-0.25, -0.2) is 17.5 Å². The van der Waals surface area contributed by atoms with Gasteiger partial charge in [0.25, 0.3) is 0 Å². The van der Waals surface area contributed by atoms with Crippen LogP contribution in [0.15, 0.2) is 71.8 Å². The SMILES string of the molecule is Cc1ccc(-c2ncccc2CNS(=O)(=O)c2ccc(F)cc2)cc1. The Hall–Kier alpha value is -2.57. The van der Waals surface area contributed by atoms with Crippen molar-refractivity contribution in [1.82, 2.24) is 9.71 Å². The highest BCUT2D eigenvalue weighted by Gasteiger charge is 2.15. The number of benzene rings is 2. The van der Waals surface area contributed by atoms with Crippen molar-refractivity contribution >= 4 is 10.0 Å². The first-order chi connectivity index (χ1) is 12.0. The molecule has 25 heavy (non-hydrogen) atoms. The summed E-state index contributed by atoms with van der Waals surface area (Å²) in [7, 11) is -3.73. The average Bonchev–Trinajstić information content (AvgIpc) is 2.61. The molecule has 0 saturated heterocycles. The number of sulfonamides is 1. The molecule has 0 atom stereocenters. The Morgan fingerprint density at radius 2 is 1.68 bits per heavy atom. The Kier molecular flexibility index (Phi) is 4.92. The Morgan fingerprint density at radius 3 is 2.36 bits per heavy atom. The largest absolute Gasteiger partial charge is 0.256 e. The second kappa shape index (κ2) is 7.13. The normalized spacial score (nSPS) is 11.4.